The van der Waals surface area contributed by atoms with Crippen LogP contribution in [-0.4, -0.2) is 26.7 Å². The molecule has 138 valence electrons. The van der Waals surface area contributed by atoms with Crippen molar-refractivity contribution in [3.63, 3.8) is 0 Å². The Morgan fingerprint density at radius 1 is 1.22 bits per heavy atom. The third kappa shape index (κ3) is 2.95. The third-order valence-electron chi connectivity index (χ3n) is 5.85. The fraction of sp³-hybridized carbons (Fsp3) is 0.381. The Morgan fingerprint density at radius 2 is 2.15 bits per heavy atom. The topological polar surface area (TPSA) is 73.0 Å². The number of fused-ring (bicyclic) bond motifs is 2. The SMILES string of the molecule is Cc1cccc(-n2nc(C(=O)NC3CC4CCC3C4)nc2-c2ccco2)c1. The summed E-state index contributed by atoms with van der Waals surface area (Å²) < 4.78 is 7.21. The van der Waals surface area contributed by atoms with Crippen LogP contribution < -0.4 is 5.32 Å². The van der Waals surface area contributed by atoms with Crippen molar-refractivity contribution in [2.75, 3.05) is 0 Å². The molecule has 3 aromatic rings. The van der Waals surface area contributed by atoms with Gasteiger partial charge in [-0.05, 0) is 67.9 Å². The highest BCUT2D eigenvalue weighted by atomic mass is 16.3. The molecule has 1 N–H and O–H groups in total. The van der Waals surface area contributed by atoms with Gasteiger partial charge in [0.2, 0.25) is 5.82 Å². The van der Waals surface area contributed by atoms with Gasteiger partial charge in [0.25, 0.3) is 5.91 Å². The number of hydrogen-bond donors (Lipinski definition) is 1. The molecule has 3 atom stereocenters. The average molecular weight is 362 g/mol. The number of rotatable bonds is 4. The fourth-order valence-electron chi connectivity index (χ4n) is 4.57. The van der Waals surface area contributed by atoms with E-state index in [1.807, 2.05) is 37.3 Å². The monoisotopic (exact) mass is 362 g/mol. The Hall–Kier alpha value is -2.89. The van der Waals surface area contributed by atoms with Crippen molar-refractivity contribution >= 4 is 5.91 Å². The molecule has 2 saturated carbocycles. The summed E-state index contributed by atoms with van der Waals surface area (Å²) in [6.45, 7) is 2.02. The summed E-state index contributed by atoms with van der Waals surface area (Å²) in [7, 11) is 0. The van der Waals surface area contributed by atoms with Gasteiger partial charge in [-0.3, -0.25) is 4.79 Å². The Labute approximate surface area is 157 Å². The maximum absolute atomic E-state index is 12.8. The summed E-state index contributed by atoms with van der Waals surface area (Å²) in [4.78, 5) is 17.3. The van der Waals surface area contributed by atoms with E-state index in [2.05, 4.69) is 15.4 Å². The van der Waals surface area contributed by atoms with Gasteiger partial charge >= 0.3 is 0 Å². The van der Waals surface area contributed by atoms with E-state index < -0.39 is 0 Å². The molecule has 2 fully saturated rings. The highest BCUT2D eigenvalue weighted by Crippen LogP contribution is 2.44. The maximum Gasteiger partial charge on any atom is 0.291 e. The van der Waals surface area contributed by atoms with E-state index in [4.69, 9.17) is 4.42 Å². The molecule has 0 radical (unpaired) electrons. The van der Waals surface area contributed by atoms with Crippen LogP contribution in [-0.2, 0) is 0 Å². The van der Waals surface area contributed by atoms with Crippen molar-refractivity contribution in [3.05, 3.63) is 54.0 Å². The minimum absolute atomic E-state index is 0.186. The van der Waals surface area contributed by atoms with Crippen molar-refractivity contribution < 1.29 is 9.21 Å². The molecular weight excluding hydrogens is 340 g/mol. The Balaban J connectivity index is 1.48. The molecule has 2 aromatic heterocycles. The molecule has 5 rings (SSSR count). The largest absolute Gasteiger partial charge is 0.461 e. The van der Waals surface area contributed by atoms with Gasteiger partial charge in [0.05, 0.1) is 12.0 Å². The lowest BCUT2D eigenvalue weighted by Crippen LogP contribution is -2.39. The number of amides is 1. The standard InChI is InChI=1S/C21H22N4O2/c1-13-4-2-5-16(10-13)25-20(18-6-3-9-27-18)23-19(24-25)21(26)22-17-12-14-7-8-15(17)11-14/h2-6,9-10,14-15,17H,7-8,11-12H2,1H3,(H,22,26). The molecule has 2 aliphatic rings. The number of hydrogen-bond acceptors (Lipinski definition) is 4. The summed E-state index contributed by atoms with van der Waals surface area (Å²) in [5.41, 5.74) is 1.97. The predicted octanol–water partition coefficient (Wildman–Crippen LogP) is 3.75. The lowest BCUT2D eigenvalue weighted by atomic mass is 9.95. The number of carbonyl (C=O) groups is 1. The predicted molar refractivity (Wildman–Crippen MR) is 101 cm³/mol. The van der Waals surface area contributed by atoms with E-state index in [0.717, 1.165) is 23.6 Å². The van der Waals surface area contributed by atoms with Gasteiger partial charge < -0.3 is 9.73 Å². The van der Waals surface area contributed by atoms with Crippen LogP contribution in [0.5, 0.6) is 0 Å². The summed E-state index contributed by atoms with van der Waals surface area (Å²) in [5.74, 6) is 2.49. The molecule has 0 aliphatic heterocycles. The summed E-state index contributed by atoms with van der Waals surface area (Å²) in [6.07, 6.45) is 6.45. The van der Waals surface area contributed by atoms with Gasteiger partial charge in [-0.1, -0.05) is 18.6 Å². The second-order valence-corrected chi connectivity index (χ2v) is 7.74. The average Bonchev–Trinajstić information content (AvgIpc) is 3.43. The van der Waals surface area contributed by atoms with Crippen LogP contribution in [0.15, 0.2) is 47.1 Å². The number of nitrogens with zero attached hydrogens (tertiary/aromatic N) is 3. The zero-order valence-electron chi connectivity index (χ0n) is 15.3. The van der Waals surface area contributed by atoms with E-state index in [9.17, 15) is 4.79 Å². The minimum Gasteiger partial charge on any atom is -0.461 e. The number of nitrogens with one attached hydrogen (secondary N) is 1. The Bertz CT molecular complexity index is 976. The Morgan fingerprint density at radius 3 is 2.85 bits per heavy atom. The van der Waals surface area contributed by atoms with Crippen molar-refractivity contribution in [2.45, 2.75) is 38.6 Å². The molecule has 2 aliphatic carbocycles. The van der Waals surface area contributed by atoms with Crippen LogP contribution in [0.4, 0.5) is 0 Å². The number of carbonyl (C=O) groups excluding carboxylic acids is 1. The van der Waals surface area contributed by atoms with Gasteiger partial charge in [0, 0.05) is 6.04 Å². The quantitative estimate of drug-likeness (QED) is 0.767. The number of furan rings is 1. The summed E-state index contributed by atoms with van der Waals surface area (Å²) in [5, 5.41) is 7.68. The molecule has 2 heterocycles. The zero-order chi connectivity index (χ0) is 18.4. The van der Waals surface area contributed by atoms with Crippen molar-refractivity contribution in [2.24, 2.45) is 11.8 Å². The molecule has 1 aromatic carbocycles. The van der Waals surface area contributed by atoms with Crippen LogP contribution in [0.1, 0.15) is 41.9 Å². The highest BCUT2D eigenvalue weighted by molar-refractivity contribution is 5.91. The molecule has 0 spiro atoms. The third-order valence-corrected chi connectivity index (χ3v) is 5.85. The van der Waals surface area contributed by atoms with Crippen LogP contribution >= 0.6 is 0 Å². The van der Waals surface area contributed by atoms with E-state index in [1.54, 1.807) is 17.0 Å². The second-order valence-electron chi connectivity index (χ2n) is 7.74. The van der Waals surface area contributed by atoms with E-state index in [0.29, 0.717) is 17.5 Å². The van der Waals surface area contributed by atoms with Gasteiger partial charge in [-0.15, -0.1) is 5.10 Å². The van der Waals surface area contributed by atoms with Gasteiger partial charge in [-0.2, -0.15) is 4.98 Å². The molecule has 2 bridgehead atoms. The first-order valence-corrected chi connectivity index (χ1v) is 9.56. The van der Waals surface area contributed by atoms with Crippen LogP contribution in [0.3, 0.4) is 0 Å². The van der Waals surface area contributed by atoms with Crippen molar-refractivity contribution in [1.82, 2.24) is 20.1 Å². The first-order chi connectivity index (χ1) is 13.2. The summed E-state index contributed by atoms with van der Waals surface area (Å²) in [6, 6.07) is 11.8. The normalized spacial score (nSPS) is 23.7. The molecule has 6 nitrogen and oxygen atoms in total. The molecule has 3 unspecified atom stereocenters. The molecule has 1 amide bonds. The van der Waals surface area contributed by atoms with Crippen LogP contribution in [0, 0.1) is 18.8 Å². The first-order valence-electron chi connectivity index (χ1n) is 9.56. The van der Waals surface area contributed by atoms with Crippen LogP contribution in [0.25, 0.3) is 17.3 Å². The lowest BCUT2D eigenvalue weighted by molar-refractivity contribution is 0.0912. The maximum atomic E-state index is 12.8. The zero-order valence-corrected chi connectivity index (χ0v) is 15.3. The van der Waals surface area contributed by atoms with Gasteiger partial charge in [-0.25, -0.2) is 4.68 Å². The molecule has 27 heavy (non-hydrogen) atoms. The first kappa shape index (κ1) is 16.3. The molecule has 6 heteroatoms. The fourth-order valence-corrected chi connectivity index (χ4v) is 4.57. The van der Waals surface area contributed by atoms with Crippen LogP contribution in [0.2, 0.25) is 0 Å². The minimum atomic E-state index is -0.202. The number of benzene rings is 1. The van der Waals surface area contributed by atoms with E-state index >= 15 is 0 Å². The smallest absolute Gasteiger partial charge is 0.291 e. The van der Waals surface area contributed by atoms with E-state index in [-0.39, 0.29) is 17.8 Å². The number of aromatic nitrogens is 3. The summed E-state index contributed by atoms with van der Waals surface area (Å²) >= 11 is 0. The second kappa shape index (κ2) is 6.37. The van der Waals surface area contributed by atoms with Crippen molar-refractivity contribution in [3.8, 4) is 17.3 Å². The Kier molecular flexibility index (Phi) is 3.85. The van der Waals surface area contributed by atoms with Crippen molar-refractivity contribution in [1.29, 1.82) is 0 Å². The molecular formula is C21H22N4O2. The van der Waals surface area contributed by atoms with E-state index in [1.165, 1.54) is 19.3 Å². The number of aryl methyl sites for hydroxylation is 1. The lowest BCUT2D eigenvalue weighted by Gasteiger charge is -2.22. The van der Waals surface area contributed by atoms with Gasteiger partial charge in [0.15, 0.2) is 11.6 Å². The highest BCUT2D eigenvalue weighted by Gasteiger charge is 2.40. The molecule has 0 saturated heterocycles. The van der Waals surface area contributed by atoms with Gasteiger partial charge in [0.1, 0.15) is 0 Å².